The molecular formula is C16H25NO. The van der Waals surface area contributed by atoms with Gasteiger partial charge in [0.15, 0.2) is 0 Å². The summed E-state index contributed by atoms with van der Waals surface area (Å²) < 4.78 is 0. The Hall–Kier alpha value is -1.31. The SMILES string of the molecule is CCC(=O)NC(CC)c1ccc(C(C)CC)cc1. The van der Waals surface area contributed by atoms with Crippen LogP contribution in [-0.2, 0) is 4.79 Å². The van der Waals surface area contributed by atoms with Crippen LogP contribution in [0.2, 0.25) is 0 Å². The predicted octanol–water partition coefficient (Wildman–Crippen LogP) is 4.18. The van der Waals surface area contributed by atoms with Crippen LogP contribution in [0.4, 0.5) is 0 Å². The number of carbonyl (C=O) groups excluding carboxylic acids is 1. The van der Waals surface area contributed by atoms with Crippen LogP contribution in [0.3, 0.4) is 0 Å². The van der Waals surface area contributed by atoms with E-state index < -0.39 is 0 Å². The Morgan fingerprint density at radius 3 is 2.06 bits per heavy atom. The zero-order valence-electron chi connectivity index (χ0n) is 12.0. The van der Waals surface area contributed by atoms with Crippen LogP contribution >= 0.6 is 0 Å². The maximum Gasteiger partial charge on any atom is 0.220 e. The minimum atomic E-state index is 0.118. The first-order valence-electron chi connectivity index (χ1n) is 7.01. The van der Waals surface area contributed by atoms with Gasteiger partial charge in [-0.15, -0.1) is 0 Å². The first kappa shape index (κ1) is 14.7. The number of amides is 1. The molecule has 18 heavy (non-hydrogen) atoms. The third-order valence-corrected chi connectivity index (χ3v) is 3.58. The number of nitrogens with one attached hydrogen (secondary N) is 1. The van der Waals surface area contributed by atoms with Gasteiger partial charge in [-0.2, -0.15) is 0 Å². The molecule has 2 heteroatoms. The number of hydrogen-bond acceptors (Lipinski definition) is 1. The minimum Gasteiger partial charge on any atom is -0.349 e. The van der Waals surface area contributed by atoms with Crippen molar-refractivity contribution in [2.45, 2.75) is 58.9 Å². The molecule has 1 rings (SSSR count). The van der Waals surface area contributed by atoms with E-state index in [9.17, 15) is 4.79 Å². The molecule has 2 unspecified atom stereocenters. The van der Waals surface area contributed by atoms with Crippen LogP contribution in [0.1, 0.15) is 70.0 Å². The highest BCUT2D eigenvalue weighted by Gasteiger charge is 2.12. The van der Waals surface area contributed by atoms with E-state index in [0.717, 1.165) is 12.8 Å². The van der Waals surface area contributed by atoms with Crippen molar-refractivity contribution in [3.8, 4) is 0 Å². The Morgan fingerprint density at radius 2 is 1.61 bits per heavy atom. The lowest BCUT2D eigenvalue weighted by Gasteiger charge is -2.18. The quantitative estimate of drug-likeness (QED) is 0.803. The standard InChI is InChI=1S/C16H25NO/c1-5-12(4)13-8-10-14(11-9-13)15(6-2)17-16(18)7-3/h8-12,15H,5-7H2,1-4H3,(H,17,18). The fourth-order valence-electron chi connectivity index (χ4n) is 2.01. The maximum atomic E-state index is 11.5. The number of benzene rings is 1. The molecule has 0 aromatic heterocycles. The van der Waals surface area contributed by atoms with Gasteiger partial charge in [0.2, 0.25) is 5.91 Å². The normalized spacial score (nSPS) is 14.0. The highest BCUT2D eigenvalue weighted by atomic mass is 16.1. The van der Waals surface area contributed by atoms with E-state index in [-0.39, 0.29) is 11.9 Å². The maximum absolute atomic E-state index is 11.5. The van der Waals surface area contributed by atoms with Crippen molar-refractivity contribution >= 4 is 5.91 Å². The first-order valence-corrected chi connectivity index (χ1v) is 7.01. The van der Waals surface area contributed by atoms with Gasteiger partial charge in [-0.1, -0.05) is 52.0 Å². The second kappa shape index (κ2) is 7.20. The molecule has 2 nitrogen and oxygen atoms in total. The number of rotatable bonds is 6. The fraction of sp³-hybridized carbons (Fsp3) is 0.562. The zero-order valence-corrected chi connectivity index (χ0v) is 12.0. The van der Waals surface area contributed by atoms with Gasteiger partial charge in [-0.3, -0.25) is 4.79 Å². The van der Waals surface area contributed by atoms with Gasteiger partial charge in [-0.25, -0.2) is 0 Å². The molecule has 1 aromatic rings. The van der Waals surface area contributed by atoms with Crippen molar-refractivity contribution in [2.24, 2.45) is 0 Å². The van der Waals surface area contributed by atoms with Gasteiger partial charge >= 0.3 is 0 Å². The molecule has 0 fully saturated rings. The zero-order chi connectivity index (χ0) is 13.5. The minimum absolute atomic E-state index is 0.118. The third-order valence-electron chi connectivity index (χ3n) is 3.58. The van der Waals surface area contributed by atoms with E-state index in [1.807, 2.05) is 6.92 Å². The van der Waals surface area contributed by atoms with Crippen molar-refractivity contribution in [2.75, 3.05) is 0 Å². The molecule has 0 saturated carbocycles. The molecule has 100 valence electrons. The summed E-state index contributed by atoms with van der Waals surface area (Å²) >= 11 is 0. The summed E-state index contributed by atoms with van der Waals surface area (Å²) in [5.74, 6) is 0.720. The number of hydrogen-bond donors (Lipinski definition) is 1. The lowest BCUT2D eigenvalue weighted by atomic mass is 9.95. The first-order chi connectivity index (χ1) is 8.62. The van der Waals surface area contributed by atoms with E-state index in [4.69, 9.17) is 0 Å². The van der Waals surface area contributed by atoms with Gasteiger partial charge in [0.25, 0.3) is 0 Å². The van der Waals surface area contributed by atoms with E-state index in [1.165, 1.54) is 11.1 Å². The summed E-state index contributed by atoms with van der Waals surface area (Å²) in [4.78, 5) is 11.5. The topological polar surface area (TPSA) is 29.1 Å². The molecule has 1 aromatic carbocycles. The van der Waals surface area contributed by atoms with E-state index >= 15 is 0 Å². The highest BCUT2D eigenvalue weighted by molar-refractivity contribution is 5.76. The van der Waals surface area contributed by atoms with Gasteiger partial charge in [0.05, 0.1) is 6.04 Å². The Morgan fingerprint density at radius 1 is 1.06 bits per heavy atom. The Bertz CT molecular complexity index is 369. The van der Waals surface area contributed by atoms with Gasteiger partial charge < -0.3 is 5.32 Å². The highest BCUT2D eigenvalue weighted by Crippen LogP contribution is 2.22. The molecule has 0 radical (unpaired) electrons. The Labute approximate surface area is 111 Å². The third kappa shape index (κ3) is 3.86. The summed E-state index contributed by atoms with van der Waals surface area (Å²) in [7, 11) is 0. The molecule has 1 N–H and O–H groups in total. The summed E-state index contributed by atoms with van der Waals surface area (Å²) in [6, 6.07) is 8.80. The molecule has 1 amide bonds. The molecular weight excluding hydrogens is 222 g/mol. The van der Waals surface area contributed by atoms with Crippen LogP contribution < -0.4 is 5.32 Å². The van der Waals surface area contributed by atoms with E-state index in [0.29, 0.717) is 12.3 Å². The lowest BCUT2D eigenvalue weighted by molar-refractivity contribution is -0.121. The Balaban J connectivity index is 2.78. The van der Waals surface area contributed by atoms with Gasteiger partial charge in [-0.05, 0) is 29.9 Å². The largest absolute Gasteiger partial charge is 0.349 e. The molecule has 0 aliphatic carbocycles. The van der Waals surface area contributed by atoms with Crippen molar-refractivity contribution < 1.29 is 4.79 Å². The predicted molar refractivity (Wildman–Crippen MR) is 76.6 cm³/mol. The fourth-order valence-corrected chi connectivity index (χ4v) is 2.01. The number of carbonyl (C=O) groups is 1. The molecule has 0 aliphatic heterocycles. The summed E-state index contributed by atoms with van der Waals surface area (Å²) in [5.41, 5.74) is 2.57. The van der Waals surface area contributed by atoms with Crippen molar-refractivity contribution in [1.82, 2.24) is 5.32 Å². The average molecular weight is 247 g/mol. The monoisotopic (exact) mass is 247 g/mol. The molecule has 0 bridgehead atoms. The second-order valence-electron chi connectivity index (χ2n) is 4.86. The van der Waals surface area contributed by atoms with E-state index in [1.54, 1.807) is 0 Å². The van der Waals surface area contributed by atoms with Crippen molar-refractivity contribution in [1.29, 1.82) is 0 Å². The summed E-state index contributed by atoms with van der Waals surface area (Å²) in [6.45, 7) is 8.43. The van der Waals surface area contributed by atoms with Crippen LogP contribution in [-0.4, -0.2) is 5.91 Å². The Kier molecular flexibility index (Phi) is 5.90. The average Bonchev–Trinajstić information content (AvgIpc) is 2.43. The molecule has 0 saturated heterocycles. The van der Waals surface area contributed by atoms with Gasteiger partial charge in [0.1, 0.15) is 0 Å². The summed E-state index contributed by atoms with van der Waals surface area (Å²) in [6.07, 6.45) is 2.62. The molecule has 0 spiro atoms. The molecule has 0 heterocycles. The van der Waals surface area contributed by atoms with Crippen molar-refractivity contribution in [3.05, 3.63) is 35.4 Å². The van der Waals surface area contributed by atoms with Gasteiger partial charge in [0, 0.05) is 6.42 Å². The second-order valence-corrected chi connectivity index (χ2v) is 4.86. The molecule has 0 aliphatic rings. The lowest BCUT2D eigenvalue weighted by Crippen LogP contribution is -2.27. The summed E-state index contributed by atoms with van der Waals surface area (Å²) in [5, 5.41) is 3.06. The smallest absolute Gasteiger partial charge is 0.220 e. The van der Waals surface area contributed by atoms with E-state index in [2.05, 4.69) is 50.4 Å². The van der Waals surface area contributed by atoms with Crippen LogP contribution in [0.15, 0.2) is 24.3 Å². The van der Waals surface area contributed by atoms with Crippen molar-refractivity contribution in [3.63, 3.8) is 0 Å². The van der Waals surface area contributed by atoms with Crippen LogP contribution in [0, 0.1) is 0 Å². The van der Waals surface area contributed by atoms with Crippen LogP contribution in [0.5, 0.6) is 0 Å². The molecule has 2 atom stereocenters. The van der Waals surface area contributed by atoms with Crippen LogP contribution in [0.25, 0.3) is 0 Å².